The second kappa shape index (κ2) is 12.7. The molecule has 2 amide bonds. The lowest BCUT2D eigenvalue weighted by atomic mass is 10.1. The van der Waals surface area contributed by atoms with E-state index in [4.69, 9.17) is 14.2 Å². The molecule has 1 atom stereocenters. The quantitative estimate of drug-likeness (QED) is 0.394. The summed E-state index contributed by atoms with van der Waals surface area (Å²) < 4.78 is 42.4. The van der Waals surface area contributed by atoms with Crippen molar-refractivity contribution in [3.05, 3.63) is 48.0 Å². The van der Waals surface area contributed by atoms with Crippen molar-refractivity contribution in [3.63, 3.8) is 0 Å². The van der Waals surface area contributed by atoms with E-state index in [0.29, 0.717) is 30.2 Å². The highest BCUT2D eigenvalue weighted by atomic mass is 32.2. The third kappa shape index (κ3) is 7.28. The third-order valence-electron chi connectivity index (χ3n) is 6.05. The van der Waals surface area contributed by atoms with Crippen molar-refractivity contribution in [1.82, 2.24) is 10.2 Å². The molecule has 0 spiro atoms. The molecule has 1 unspecified atom stereocenters. The summed E-state index contributed by atoms with van der Waals surface area (Å²) in [5, 5.41) is 2.90. The summed E-state index contributed by atoms with van der Waals surface area (Å²) >= 11 is 0. The molecule has 1 N–H and O–H groups in total. The Bertz CT molecular complexity index is 1190. The van der Waals surface area contributed by atoms with Crippen LogP contribution in [0.5, 0.6) is 17.2 Å². The van der Waals surface area contributed by atoms with Gasteiger partial charge in [-0.25, -0.2) is 8.42 Å². The molecule has 2 aromatic carbocycles. The molecule has 2 aromatic rings. The summed E-state index contributed by atoms with van der Waals surface area (Å²) in [6, 6.07) is 11.1. The number of ether oxygens (including phenoxy) is 3. The standard InChI is InChI=1S/C26H35N3O7S/c1-5-7-14-27-26(31)22(6-2)28(16-19-8-11-21(34-3)12-9-19)25(30)17-29(37(4,32)33)20-10-13-23-24(15-20)36-18-35-23/h8-13,15,22H,5-7,14,16-18H2,1-4H3,(H,27,31). The molecule has 0 saturated heterocycles. The Morgan fingerprint density at radius 3 is 2.41 bits per heavy atom. The minimum Gasteiger partial charge on any atom is -0.497 e. The molecule has 1 heterocycles. The number of sulfonamides is 1. The van der Waals surface area contributed by atoms with Gasteiger partial charge in [0.1, 0.15) is 18.3 Å². The highest BCUT2D eigenvalue weighted by molar-refractivity contribution is 7.92. The molecule has 3 rings (SSSR count). The topological polar surface area (TPSA) is 114 Å². The van der Waals surface area contributed by atoms with Gasteiger partial charge < -0.3 is 24.4 Å². The van der Waals surface area contributed by atoms with Gasteiger partial charge >= 0.3 is 0 Å². The van der Waals surface area contributed by atoms with E-state index in [1.165, 1.54) is 11.0 Å². The number of carbonyl (C=O) groups is 2. The van der Waals surface area contributed by atoms with Gasteiger partial charge in [0.2, 0.25) is 28.6 Å². The molecule has 202 valence electrons. The molecule has 0 fully saturated rings. The SMILES string of the molecule is CCCCNC(=O)C(CC)N(Cc1ccc(OC)cc1)C(=O)CN(c1ccc2c(c1)OCO2)S(C)(=O)=O. The number of benzene rings is 2. The number of amides is 2. The van der Waals surface area contributed by atoms with Crippen molar-refractivity contribution in [2.45, 2.75) is 45.7 Å². The molecular weight excluding hydrogens is 498 g/mol. The van der Waals surface area contributed by atoms with E-state index >= 15 is 0 Å². The van der Waals surface area contributed by atoms with Gasteiger partial charge in [-0.2, -0.15) is 0 Å². The third-order valence-corrected chi connectivity index (χ3v) is 7.19. The lowest BCUT2D eigenvalue weighted by Crippen LogP contribution is -2.52. The highest BCUT2D eigenvalue weighted by Crippen LogP contribution is 2.36. The maximum atomic E-state index is 13.7. The van der Waals surface area contributed by atoms with Gasteiger partial charge in [-0.1, -0.05) is 32.4 Å². The fourth-order valence-corrected chi connectivity index (χ4v) is 4.85. The van der Waals surface area contributed by atoms with Gasteiger partial charge in [0, 0.05) is 19.2 Å². The van der Waals surface area contributed by atoms with Crippen LogP contribution in [0.15, 0.2) is 42.5 Å². The monoisotopic (exact) mass is 533 g/mol. The van der Waals surface area contributed by atoms with Crippen molar-refractivity contribution >= 4 is 27.5 Å². The van der Waals surface area contributed by atoms with Crippen molar-refractivity contribution < 1.29 is 32.2 Å². The highest BCUT2D eigenvalue weighted by Gasteiger charge is 2.32. The summed E-state index contributed by atoms with van der Waals surface area (Å²) in [4.78, 5) is 28.2. The van der Waals surface area contributed by atoms with Crippen molar-refractivity contribution in [2.24, 2.45) is 0 Å². The molecule has 0 saturated carbocycles. The summed E-state index contributed by atoms with van der Waals surface area (Å²) in [6.07, 6.45) is 3.14. The smallest absolute Gasteiger partial charge is 0.244 e. The molecule has 10 nitrogen and oxygen atoms in total. The lowest BCUT2D eigenvalue weighted by molar-refractivity contribution is -0.140. The molecule has 11 heteroatoms. The molecular formula is C26H35N3O7S. The van der Waals surface area contributed by atoms with E-state index in [-0.39, 0.29) is 24.9 Å². The zero-order chi connectivity index (χ0) is 27.0. The van der Waals surface area contributed by atoms with E-state index in [9.17, 15) is 18.0 Å². The fraction of sp³-hybridized carbons (Fsp3) is 0.462. The zero-order valence-electron chi connectivity index (χ0n) is 21.7. The zero-order valence-corrected chi connectivity index (χ0v) is 22.5. The Morgan fingerprint density at radius 2 is 1.78 bits per heavy atom. The van der Waals surface area contributed by atoms with Gasteiger partial charge in [0.05, 0.1) is 19.1 Å². The maximum absolute atomic E-state index is 13.7. The number of nitrogens with zero attached hydrogens (tertiary/aromatic N) is 2. The average molecular weight is 534 g/mol. The normalized spacial score (nSPS) is 13.1. The minimum absolute atomic E-state index is 0.0392. The van der Waals surface area contributed by atoms with Crippen molar-refractivity contribution in [2.75, 3.05) is 37.6 Å². The summed E-state index contributed by atoms with van der Waals surface area (Å²) in [7, 11) is -2.28. The molecule has 1 aliphatic rings. The number of methoxy groups -OCH3 is 1. The van der Waals surface area contributed by atoms with Crippen molar-refractivity contribution in [3.8, 4) is 17.2 Å². The van der Waals surface area contributed by atoms with Gasteiger partial charge in [0.15, 0.2) is 11.5 Å². The van der Waals surface area contributed by atoms with Crippen LogP contribution in [0.2, 0.25) is 0 Å². The van der Waals surface area contributed by atoms with Crippen molar-refractivity contribution in [1.29, 1.82) is 0 Å². The van der Waals surface area contributed by atoms with Crippen LogP contribution in [-0.2, 0) is 26.2 Å². The van der Waals surface area contributed by atoms with Crippen LogP contribution in [-0.4, -0.2) is 64.4 Å². The van der Waals surface area contributed by atoms with Gasteiger partial charge in [-0.3, -0.25) is 13.9 Å². The Balaban J connectivity index is 1.91. The van der Waals surface area contributed by atoms with Crippen LogP contribution < -0.4 is 23.8 Å². The summed E-state index contributed by atoms with van der Waals surface area (Å²) in [5.74, 6) is 0.787. The largest absolute Gasteiger partial charge is 0.497 e. The number of hydrogen-bond donors (Lipinski definition) is 1. The number of anilines is 1. The van der Waals surface area contributed by atoms with Crippen LogP contribution in [0.1, 0.15) is 38.7 Å². The van der Waals surface area contributed by atoms with Gasteiger partial charge in [-0.05, 0) is 42.7 Å². The number of fused-ring (bicyclic) bond motifs is 1. The second-order valence-electron chi connectivity index (χ2n) is 8.75. The molecule has 1 aliphatic heterocycles. The minimum atomic E-state index is -3.84. The first kappa shape index (κ1) is 28.1. The first-order chi connectivity index (χ1) is 17.7. The average Bonchev–Trinajstić information content (AvgIpc) is 3.35. The van der Waals surface area contributed by atoms with Crippen LogP contribution in [0.4, 0.5) is 5.69 Å². The van der Waals surface area contributed by atoms with Crippen LogP contribution in [0.3, 0.4) is 0 Å². The predicted octanol–water partition coefficient (Wildman–Crippen LogP) is 2.91. The van der Waals surface area contributed by atoms with E-state index in [0.717, 1.165) is 29.0 Å². The Labute approximate surface area is 218 Å². The Morgan fingerprint density at radius 1 is 1.08 bits per heavy atom. The van der Waals surface area contributed by atoms with E-state index in [2.05, 4.69) is 5.32 Å². The number of rotatable bonds is 13. The maximum Gasteiger partial charge on any atom is 0.244 e. The molecule has 0 bridgehead atoms. The van der Waals surface area contributed by atoms with Crippen LogP contribution in [0.25, 0.3) is 0 Å². The number of nitrogens with one attached hydrogen (secondary N) is 1. The lowest BCUT2D eigenvalue weighted by Gasteiger charge is -2.33. The number of carbonyl (C=O) groups excluding carboxylic acids is 2. The summed E-state index contributed by atoms with van der Waals surface area (Å²) in [5.41, 5.74) is 1.05. The molecule has 0 aliphatic carbocycles. The molecule has 0 radical (unpaired) electrons. The Kier molecular flexibility index (Phi) is 9.62. The Hall–Kier alpha value is -3.47. The van der Waals surface area contributed by atoms with Crippen LogP contribution in [0, 0.1) is 0 Å². The summed E-state index contributed by atoms with van der Waals surface area (Å²) in [6.45, 7) is 4.04. The first-order valence-electron chi connectivity index (χ1n) is 12.2. The van der Waals surface area contributed by atoms with Gasteiger partial charge in [0.25, 0.3) is 0 Å². The molecule has 0 aromatic heterocycles. The van der Waals surface area contributed by atoms with E-state index < -0.39 is 28.5 Å². The first-order valence-corrected chi connectivity index (χ1v) is 14.1. The molecule has 37 heavy (non-hydrogen) atoms. The van der Waals surface area contributed by atoms with E-state index in [1.54, 1.807) is 31.4 Å². The van der Waals surface area contributed by atoms with Gasteiger partial charge in [-0.15, -0.1) is 0 Å². The fourth-order valence-electron chi connectivity index (χ4n) is 4.01. The second-order valence-corrected chi connectivity index (χ2v) is 10.7. The van der Waals surface area contributed by atoms with Crippen LogP contribution >= 0.6 is 0 Å². The van der Waals surface area contributed by atoms with E-state index in [1.807, 2.05) is 26.0 Å². The number of unbranched alkanes of at least 4 members (excludes halogenated alkanes) is 1. The predicted molar refractivity (Wildman–Crippen MR) is 140 cm³/mol. The number of hydrogen-bond acceptors (Lipinski definition) is 7.